The Bertz CT molecular complexity index is 831. The number of carbonyl (C=O) groups is 3. The van der Waals surface area contributed by atoms with Crippen LogP contribution in [0.25, 0.3) is 0 Å². The smallest absolute Gasteiger partial charge is 0.238 e. The fraction of sp³-hybridized carbons (Fsp3) is 0.286. The molecule has 2 aliphatic rings. The van der Waals surface area contributed by atoms with Crippen molar-refractivity contribution < 1.29 is 14.4 Å². The van der Waals surface area contributed by atoms with Crippen molar-refractivity contribution in [2.24, 2.45) is 17.8 Å². The van der Waals surface area contributed by atoms with Crippen LogP contribution in [-0.2, 0) is 14.4 Å². The highest BCUT2D eigenvalue weighted by atomic mass is 16.2. The Balaban J connectivity index is 1.79. The monoisotopic (exact) mass is 333 g/mol. The summed E-state index contributed by atoms with van der Waals surface area (Å²) in [5, 5.41) is 0. The van der Waals surface area contributed by atoms with E-state index in [4.69, 9.17) is 0 Å². The second-order valence-electron chi connectivity index (χ2n) is 6.88. The Hall–Kier alpha value is -2.75. The normalized spacial score (nSPS) is 29.0. The molecule has 2 fully saturated rings. The first-order valence-electron chi connectivity index (χ1n) is 8.60. The molecule has 4 nitrogen and oxygen atoms in total. The van der Waals surface area contributed by atoms with Crippen LogP contribution >= 0.6 is 0 Å². The summed E-state index contributed by atoms with van der Waals surface area (Å²) in [6, 6.07) is 18.6. The van der Waals surface area contributed by atoms with Gasteiger partial charge in [0, 0.05) is 18.3 Å². The molecule has 1 saturated heterocycles. The zero-order chi connectivity index (χ0) is 17.6. The molecular weight excluding hydrogens is 314 g/mol. The van der Waals surface area contributed by atoms with Crippen LogP contribution in [0.15, 0.2) is 60.7 Å². The third-order valence-electron chi connectivity index (χ3n) is 5.53. The van der Waals surface area contributed by atoms with Crippen LogP contribution in [0, 0.1) is 17.8 Å². The number of imide groups is 1. The number of amides is 2. The van der Waals surface area contributed by atoms with E-state index in [1.165, 1.54) is 4.90 Å². The van der Waals surface area contributed by atoms with Crippen LogP contribution in [0.1, 0.15) is 24.8 Å². The summed E-state index contributed by atoms with van der Waals surface area (Å²) in [6.45, 7) is 1.87. The van der Waals surface area contributed by atoms with Gasteiger partial charge in [0.05, 0.1) is 17.5 Å². The van der Waals surface area contributed by atoms with E-state index in [1.807, 2.05) is 43.3 Å². The molecule has 0 N–H and O–H groups in total. The first-order chi connectivity index (χ1) is 12.1. The highest BCUT2D eigenvalue weighted by Crippen LogP contribution is 2.48. The third kappa shape index (κ3) is 2.40. The number of rotatable bonds is 2. The second-order valence-corrected chi connectivity index (χ2v) is 6.88. The Morgan fingerprint density at radius 3 is 2.04 bits per heavy atom. The van der Waals surface area contributed by atoms with Gasteiger partial charge >= 0.3 is 0 Å². The number of para-hydroxylation sites is 1. The highest BCUT2D eigenvalue weighted by molar-refractivity contribution is 6.23. The average molecular weight is 333 g/mol. The molecule has 4 heteroatoms. The van der Waals surface area contributed by atoms with Crippen molar-refractivity contribution in [3.8, 4) is 0 Å². The number of Topliss-reactive ketones (excluding diaryl/α,β-unsaturated/α-hetero) is 1. The second kappa shape index (κ2) is 5.96. The molecule has 0 bridgehead atoms. The fourth-order valence-electron chi connectivity index (χ4n) is 4.28. The summed E-state index contributed by atoms with van der Waals surface area (Å²) in [5.74, 6) is -1.92. The van der Waals surface area contributed by atoms with E-state index in [0.29, 0.717) is 5.69 Å². The average Bonchev–Trinajstić information content (AvgIpc) is 2.88. The quantitative estimate of drug-likeness (QED) is 0.793. The zero-order valence-corrected chi connectivity index (χ0v) is 14.0. The first kappa shape index (κ1) is 15.8. The van der Waals surface area contributed by atoms with Gasteiger partial charge in [0.25, 0.3) is 0 Å². The minimum atomic E-state index is -0.554. The lowest BCUT2D eigenvalue weighted by atomic mass is 9.65. The van der Waals surface area contributed by atoms with E-state index in [1.54, 1.807) is 24.3 Å². The predicted molar refractivity (Wildman–Crippen MR) is 93.9 cm³/mol. The summed E-state index contributed by atoms with van der Waals surface area (Å²) in [7, 11) is 0. The number of hydrogen-bond donors (Lipinski definition) is 0. The summed E-state index contributed by atoms with van der Waals surface area (Å²) in [4.78, 5) is 39.9. The minimum absolute atomic E-state index is 0.0613. The Morgan fingerprint density at radius 2 is 1.40 bits per heavy atom. The van der Waals surface area contributed by atoms with Crippen LogP contribution < -0.4 is 4.90 Å². The van der Waals surface area contributed by atoms with Crippen LogP contribution in [0.5, 0.6) is 0 Å². The first-order valence-corrected chi connectivity index (χ1v) is 8.60. The van der Waals surface area contributed by atoms with Crippen molar-refractivity contribution in [3.05, 3.63) is 66.2 Å². The molecule has 4 atom stereocenters. The van der Waals surface area contributed by atoms with Crippen molar-refractivity contribution in [1.82, 2.24) is 0 Å². The molecule has 1 aliphatic carbocycles. The molecule has 0 spiro atoms. The molecule has 0 radical (unpaired) electrons. The third-order valence-corrected chi connectivity index (χ3v) is 5.53. The number of benzene rings is 2. The van der Waals surface area contributed by atoms with Gasteiger partial charge in [-0.15, -0.1) is 0 Å². The minimum Gasteiger partial charge on any atom is -0.299 e. The van der Waals surface area contributed by atoms with Gasteiger partial charge in [-0.25, -0.2) is 0 Å². The van der Waals surface area contributed by atoms with E-state index in [2.05, 4.69) is 0 Å². The van der Waals surface area contributed by atoms with Crippen LogP contribution in [-0.4, -0.2) is 17.6 Å². The molecule has 0 unspecified atom stereocenters. The molecule has 0 aromatic heterocycles. The Labute approximate surface area is 146 Å². The molecular formula is C21H19NO3. The SMILES string of the molecule is C[C@@H]1C(=O)C[C@@H]2C(=O)N(c3ccccc3)C(=O)[C@H]2[C@H]1c1ccccc1. The Kier molecular flexibility index (Phi) is 3.75. The summed E-state index contributed by atoms with van der Waals surface area (Å²) >= 11 is 0. The van der Waals surface area contributed by atoms with Gasteiger partial charge in [-0.1, -0.05) is 55.5 Å². The van der Waals surface area contributed by atoms with Gasteiger partial charge in [-0.05, 0) is 17.7 Å². The lowest BCUT2D eigenvalue weighted by Gasteiger charge is -2.35. The van der Waals surface area contributed by atoms with Crippen LogP contribution in [0.2, 0.25) is 0 Å². The topological polar surface area (TPSA) is 54.5 Å². The Morgan fingerprint density at radius 1 is 0.800 bits per heavy atom. The van der Waals surface area contributed by atoms with E-state index >= 15 is 0 Å². The van der Waals surface area contributed by atoms with Gasteiger partial charge in [-0.2, -0.15) is 0 Å². The molecule has 1 saturated carbocycles. The number of anilines is 1. The maximum absolute atomic E-state index is 13.2. The zero-order valence-electron chi connectivity index (χ0n) is 14.0. The van der Waals surface area contributed by atoms with Gasteiger partial charge in [0.1, 0.15) is 5.78 Å². The summed E-state index contributed by atoms with van der Waals surface area (Å²) < 4.78 is 0. The number of fused-ring (bicyclic) bond motifs is 1. The molecule has 4 rings (SSSR count). The molecule has 1 heterocycles. The van der Waals surface area contributed by atoms with Gasteiger partial charge in [0.2, 0.25) is 11.8 Å². The van der Waals surface area contributed by atoms with Crippen molar-refractivity contribution in [3.63, 3.8) is 0 Å². The lowest BCUT2D eigenvalue weighted by Crippen LogP contribution is -2.39. The number of carbonyl (C=O) groups excluding carboxylic acids is 3. The molecule has 2 amide bonds. The van der Waals surface area contributed by atoms with E-state index in [0.717, 1.165) is 5.56 Å². The lowest BCUT2D eigenvalue weighted by molar-refractivity contribution is -0.134. The van der Waals surface area contributed by atoms with Crippen molar-refractivity contribution >= 4 is 23.3 Å². The largest absolute Gasteiger partial charge is 0.299 e. The van der Waals surface area contributed by atoms with Crippen LogP contribution in [0.3, 0.4) is 0 Å². The van der Waals surface area contributed by atoms with E-state index < -0.39 is 11.8 Å². The van der Waals surface area contributed by atoms with Gasteiger partial charge in [0.15, 0.2) is 0 Å². The number of nitrogens with zero attached hydrogens (tertiary/aromatic N) is 1. The van der Waals surface area contributed by atoms with E-state index in [-0.39, 0.29) is 35.9 Å². The predicted octanol–water partition coefficient (Wildman–Crippen LogP) is 3.18. The van der Waals surface area contributed by atoms with Crippen molar-refractivity contribution in [1.29, 1.82) is 0 Å². The maximum atomic E-state index is 13.2. The molecule has 2 aromatic carbocycles. The van der Waals surface area contributed by atoms with Gasteiger partial charge in [-0.3, -0.25) is 19.3 Å². The molecule has 1 aliphatic heterocycles. The molecule has 25 heavy (non-hydrogen) atoms. The van der Waals surface area contributed by atoms with Crippen molar-refractivity contribution in [2.75, 3.05) is 4.90 Å². The maximum Gasteiger partial charge on any atom is 0.238 e. The standard InChI is InChI=1S/C21H19NO3/c1-13-17(23)12-16-19(18(13)14-8-4-2-5-9-14)21(25)22(20(16)24)15-10-6-3-7-11-15/h2-11,13,16,18-19H,12H2,1H3/t13-,16+,18-,19-/m1/s1. The fourth-order valence-corrected chi connectivity index (χ4v) is 4.28. The van der Waals surface area contributed by atoms with Crippen molar-refractivity contribution in [2.45, 2.75) is 19.3 Å². The number of ketones is 1. The summed E-state index contributed by atoms with van der Waals surface area (Å²) in [6.07, 6.45) is 0.156. The summed E-state index contributed by atoms with van der Waals surface area (Å²) in [5.41, 5.74) is 1.54. The number of hydrogen-bond acceptors (Lipinski definition) is 3. The van der Waals surface area contributed by atoms with Crippen LogP contribution in [0.4, 0.5) is 5.69 Å². The molecule has 126 valence electrons. The van der Waals surface area contributed by atoms with Gasteiger partial charge < -0.3 is 0 Å². The highest BCUT2D eigenvalue weighted by Gasteiger charge is 2.57. The van der Waals surface area contributed by atoms with E-state index in [9.17, 15) is 14.4 Å². The molecule has 2 aromatic rings.